The van der Waals surface area contributed by atoms with Crippen molar-refractivity contribution >= 4 is 5.78 Å². The van der Waals surface area contributed by atoms with E-state index in [9.17, 15) is 4.79 Å². The molecule has 0 aliphatic heterocycles. The van der Waals surface area contributed by atoms with Gasteiger partial charge in [-0.1, -0.05) is 38.1 Å². The number of hydrogen-bond donors (Lipinski definition) is 1. The summed E-state index contributed by atoms with van der Waals surface area (Å²) in [6.07, 6.45) is 2.57. The van der Waals surface area contributed by atoms with E-state index in [2.05, 4.69) is 11.9 Å². The molecular formula is C15H21NO2. The first-order valence-electron chi connectivity index (χ1n) is 6.20. The van der Waals surface area contributed by atoms with Gasteiger partial charge in [0.2, 0.25) is 0 Å². The van der Waals surface area contributed by atoms with Crippen molar-refractivity contribution in [2.45, 2.75) is 26.3 Å². The lowest BCUT2D eigenvalue weighted by molar-refractivity contribution is -0.120. The molecule has 0 heterocycles. The van der Waals surface area contributed by atoms with Crippen LogP contribution in [0, 0.1) is 0 Å². The van der Waals surface area contributed by atoms with Crippen LogP contribution >= 0.6 is 0 Å². The second-order valence-corrected chi connectivity index (χ2v) is 4.46. The summed E-state index contributed by atoms with van der Waals surface area (Å²) in [6, 6.07) is 8.02. The summed E-state index contributed by atoms with van der Waals surface area (Å²) in [4.78, 5) is 11.6. The number of ketones is 1. The van der Waals surface area contributed by atoms with Crippen LogP contribution in [0.15, 0.2) is 36.9 Å². The normalized spacial score (nSPS) is 10.4. The Kier molecular flexibility index (Phi) is 6.15. The molecule has 0 unspecified atom stereocenters. The highest BCUT2D eigenvalue weighted by Crippen LogP contribution is 2.18. The highest BCUT2D eigenvalue weighted by atomic mass is 16.5. The summed E-state index contributed by atoms with van der Waals surface area (Å²) in [7, 11) is 0. The maximum absolute atomic E-state index is 11.6. The molecule has 0 atom stereocenters. The summed E-state index contributed by atoms with van der Waals surface area (Å²) in [5, 5.41) is 3.08. The first-order chi connectivity index (χ1) is 8.63. The van der Waals surface area contributed by atoms with Gasteiger partial charge in [0.25, 0.3) is 0 Å². The maximum atomic E-state index is 11.6. The summed E-state index contributed by atoms with van der Waals surface area (Å²) in [5.74, 6) is 0.812. The van der Waals surface area contributed by atoms with Crippen LogP contribution in [0.5, 0.6) is 5.75 Å². The number of ether oxygens (including phenoxy) is 1. The average Bonchev–Trinajstić information content (AvgIpc) is 2.35. The lowest BCUT2D eigenvalue weighted by Crippen LogP contribution is -2.31. The van der Waals surface area contributed by atoms with Gasteiger partial charge in [-0.3, -0.25) is 4.79 Å². The highest BCUT2D eigenvalue weighted by molar-refractivity contribution is 5.82. The van der Waals surface area contributed by atoms with Gasteiger partial charge in [0.15, 0.2) is 5.78 Å². The lowest BCUT2D eigenvalue weighted by atomic mass is 10.1. The molecule has 98 valence electrons. The Bertz CT molecular complexity index is 399. The zero-order valence-electron chi connectivity index (χ0n) is 11.1. The molecule has 1 rings (SSSR count). The molecule has 0 saturated carbocycles. The Hall–Kier alpha value is -1.61. The highest BCUT2D eigenvalue weighted by Gasteiger charge is 2.06. The zero-order chi connectivity index (χ0) is 13.4. The second-order valence-electron chi connectivity index (χ2n) is 4.46. The van der Waals surface area contributed by atoms with Crippen molar-refractivity contribution in [2.75, 3.05) is 13.2 Å². The Morgan fingerprint density at radius 1 is 1.44 bits per heavy atom. The van der Waals surface area contributed by atoms with Crippen molar-refractivity contribution < 1.29 is 9.53 Å². The van der Waals surface area contributed by atoms with Gasteiger partial charge < -0.3 is 10.1 Å². The van der Waals surface area contributed by atoms with Gasteiger partial charge in [0.1, 0.15) is 12.4 Å². The molecule has 0 amide bonds. The molecule has 0 fully saturated rings. The summed E-state index contributed by atoms with van der Waals surface area (Å²) in [6.45, 7) is 8.18. The van der Waals surface area contributed by atoms with E-state index in [1.54, 1.807) is 0 Å². The Balaban J connectivity index is 2.47. The van der Waals surface area contributed by atoms with Crippen molar-refractivity contribution in [3.05, 3.63) is 42.5 Å². The maximum Gasteiger partial charge on any atom is 0.183 e. The number of carbonyl (C=O) groups excluding carboxylic acids is 1. The summed E-state index contributed by atoms with van der Waals surface area (Å²) >= 11 is 0. The van der Waals surface area contributed by atoms with E-state index in [-0.39, 0.29) is 12.4 Å². The van der Waals surface area contributed by atoms with E-state index in [1.165, 1.54) is 0 Å². The molecule has 0 saturated heterocycles. The number of benzene rings is 1. The molecule has 0 bridgehead atoms. The van der Waals surface area contributed by atoms with Gasteiger partial charge in [0, 0.05) is 6.04 Å². The molecule has 0 aliphatic rings. The van der Waals surface area contributed by atoms with E-state index in [0.717, 1.165) is 17.7 Å². The van der Waals surface area contributed by atoms with Crippen molar-refractivity contribution in [2.24, 2.45) is 0 Å². The quantitative estimate of drug-likeness (QED) is 0.717. The second kappa shape index (κ2) is 7.67. The number of nitrogens with one attached hydrogen (secondary N) is 1. The van der Waals surface area contributed by atoms with Crippen molar-refractivity contribution in [1.29, 1.82) is 0 Å². The minimum Gasteiger partial charge on any atom is -0.485 e. The SMILES string of the molecule is C=CCc1ccccc1OCC(=O)CNC(C)C. The molecule has 1 N–H and O–H groups in total. The number of hydrogen-bond acceptors (Lipinski definition) is 3. The molecule has 18 heavy (non-hydrogen) atoms. The van der Waals surface area contributed by atoms with Crippen LogP contribution in [0.3, 0.4) is 0 Å². The van der Waals surface area contributed by atoms with Crippen molar-refractivity contribution in [3.63, 3.8) is 0 Å². The van der Waals surface area contributed by atoms with E-state index in [1.807, 2.05) is 44.2 Å². The third kappa shape index (κ3) is 5.15. The van der Waals surface area contributed by atoms with Gasteiger partial charge in [0.05, 0.1) is 6.54 Å². The van der Waals surface area contributed by atoms with E-state index >= 15 is 0 Å². The number of allylic oxidation sites excluding steroid dienone is 1. The fourth-order valence-corrected chi connectivity index (χ4v) is 1.50. The molecule has 1 aromatic carbocycles. The lowest BCUT2D eigenvalue weighted by Gasteiger charge is -2.11. The fraction of sp³-hybridized carbons (Fsp3) is 0.400. The molecule has 1 aromatic rings. The average molecular weight is 247 g/mol. The predicted octanol–water partition coefficient (Wildman–Crippen LogP) is 2.36. The van der Waals surface area contributed by atoms with Crippen molar-refractivity contribution in [3.8, 4) is 5.75 Å². The van der Waals surface area contributed by atoms with Crippen LogP contribution in [0.4, 0.5) is 0 Å². The van der Waals surface area contributed by atoms with E-state index < -0.39 is 0 Å². The number of rotatable bonds is 8. The Labute approximate surface area is 109 Å². The Morgan fingerprint density at radius 3 is 2.83 bits per heavy atom. The van der Waals surface area contributed by atoms with Gasteiger partial charge in [-0.2, -0.15) is 0 Å². The fourth-order valence-electron chi connectivity index (χ4n) is 1.50. The molecule has 0 aliphatic carbocycles. The third-order valence-electron chi connectivity index (χ3n) is 2.43. The van der Waals surface area contributed by atoms with Gasteiger partial charge in [-0.05, 0) is 18.1 Å². The minimum absolute atomic E-state index is 0.0529. The van der Waals surface area contributed by atoms with Crippen LogP contribution in [0.1, 0.15) is 19.4 Å². The van der Waals surface area contributed by atoms with Gasteiger partial charge >= 0.3 is 0 Å². The smallest absolute Gasteiger partial charge is 0.183 e. The summed E-state index contributed by atoms with van der Waals surface area (Å²) < 4.78 is 5.55. The molecular weight excluding hydrogens is 226 g/mol. The van der Waals surface area contributed by atoms with Crippen molar-refractivity contribution in [1.82, 2.24) is 5.32 Å². The monoisotopic (exact) mass is 247 g/mol. The van der Waals surface area contributed by atoms with Crippen LogP contribution in [0.2, 0.25) is 0 Å². The van der Waals surface area contributed by atoms with E-state index in [4.69, 9.17) is 4.74 Å². The van der Waals surface area contributed by atoms with Crippen LogP contribution < -0.4 is 10.1 Å². The first-order valence-corrected chi connectivity index (χ1v) is 6.20. The Morgan fingerprint density at radius 2 is 2.17 bits per heavy atom. The number of para-hydroxylation sites is 1. The molecule has 0 spiro atoms. The van der Waals surface area contributed by atoms with Crippen LogP contribution in [-0.2, 0) is 11.2 Å². The first kappa shape index (κ1) is 14.5. The number of carbonyl (C=O) groups is 1. The molecule has 3 nitrogen and oxygen atoms in total. The summed E-state index contributed by atoms with van der Waals surface area (Å²) in [5.41, 5.74) is 1.05. The standard InChI is InChI=1S/C15H21NO2/c1-4-7-13-8-5-6-9-15(13)18-11-14(17)10-16-12(2)3/h4-6,8-9,12,16H,1,7,10-11H2,2-3H3. The van der Waals surface area contributed by atoms with E-state index in [0.29, 0.717) is 12.6 Å². The topological polar surface area (TPSA) is 38.3 Å². The largest absolute Gasteiger partial charge is 0.485 e. The molecule has 0 radical (unpaired) electrons. The van der Waals surface area contributed by atoms with Crippen LogP contribution in [-0.4, -0.2) is 25.0 Å². The predicted molar refractivity (Wildman–Crippen MR) is 74.0 cm³/mol. The molecule has 0 aromatic heterocycles. The third-order valence-corrected chi connectivity index (χ3v) is 2.43. The van der Waals surface area contributed by atoms with Gasteiger partial charge in [-0.15, -0.1) is 6.58 Å². The van der Waals surface area contributed by atoms with Gasteiger partial charge in [-0.25, -0.2) is 0 Å². The minimum atomic E-state index is 0.0529. The number of Topliss-reactive ketones (excluding diaryl/α,β-unsaturated/α-hetero) is 1. The molecule has 3 heteroatoms. The van der Waals surface area contributed by atoms with Crippen LogP contribution in [0.25, 0.3) is 0 Å². The zero-order valence-corrected chi connectivity index (χ0v) is 11.1.